The minimum absolute atomic E-state index is 0.238. The van der Waals surface area contributed by atoms with Gasteiger partial charge in [-0.05, 0) is 54.1 Å². The van der Waals surface area contributed by atoms with Crippen molar-refractivity contribution in [2.45, 2.75) is 0 Å². The third kappa shape index (κ3) is 6.40. The van der Waals surface area contributed by atoms with Crippen LogP contribution in [0.3, 0.4) is 0 Å². The zero-order valence-electron chi connectivity index (χ0n) is 15.8. The Labute approximate surface area is 187 Å². The Bertz CT molecular complexity index is 1150. The highest BCUT2D eigenvalue weighted by Crippen LogP contribution is 2.19. The number of hydrazone groups is 1. The lowest BCUT2D eigenvalue weighted by Crippen LogP contribution is -2.32. The molecule has 2 amide bonds. The predicted molar refractivity (Wildman–Crippen MR) is 119 cm³/mol. The van der Waals surface area contributed by atoms with Gasteiger partial charge in [0.15, 0.2) is 0 Å². The summed E-state index contributed by atoms with van der Waals surface area (Å²) in [6, 6.07) is 19.3. The number of ether oxygens (including phenoxy) is 1. The first kappa shape index (κ1) is 22.0. The van der Waals surface area contributed by atoms with Gasteiger partial charge in [-0.15, -0.1) is 0 Å². The van der Waals surface area contributed by atoms with Gasteiger partial charge in [0.05, 0.1) is 16.8 Å². The van der Waals surface area contributed by atoms with Gasteiger partial charge < -0.3 is 10.1 Å². The summed E-state index contributed by atoms with van der Waals surface area (Å²) >= 11 is 11.8. The van der Waals surface area contributed by atoms with E-state index >= 15 is 0 Å². The number of nitrogens with zero attached hydrogens (tertiary/aromatic N) is 1. The van der Waals surface area contributed by atoms with Gasteiger partial charge >= 0.3 is 17.8 Å². The van der Waals surface area contributed by atoms with Crippen LogP contribution in [0.1, 0.15) is 15.9 Å². The number of hydrogen-bond acceptors (Lipinski definition) is 5. The van der Waals surface area contributed by atoms with E-state index in [4.69, 9.17) is 27.9 Å². The zero-order valence-corrected chi connectivity index (χ0v) is 17.4. The van der Waals surface area contributed by atoms with E-state index in [1.807, 2.05) is 0 Å². The number of amides is 2. The van der Waals surface area contributed by atoms with Crippen LogP contribution < -0.4 is 15.5 Å². The number of rotatable bonds is 5. The van der Waals surface area contributed by atoms with Crippen LogP contribution in [0.2, 0.25) is 10.0 Å². The molecule has 0 fully saturated rings. The van der Waals surface area contributed by atoms with Gasteiger partial charge in [0.1, 0.15) is 5.75 Å². The fourth-order valence-electron chi connectivity index (χ4n) is 2.38. The summed E-state index contributed by atoms with van der Waals surface area (Å²) in [6.07, 6.45) is 1.31. The summed E-state index contributed by atoms with van der Waals surface area (Å²) in [6.45, 7) is 0. The summed E-state index contributed by atoms with van der Waals surface area (Å²) in [5, 5.41) is 6.95. The lowest BCUT2D eigenvalue weighted by Gasteiger charge is -2.06. The number of anilines is 1. The second kappa shape index (κ2) is 10.4. The molecule has 0 aromatic heterocycles. The third-order valence-electron chi connectivity index (χ3n) is 3.85. The highest BCUT2D eigenvalue weighted by Gasteiger charge is 2.13. The Morgan fingerprint density at radius 1 is 0.871 bits per heavy atom. The fourth-order valence-corrected chi connectivity index (χ4v) is 2.72. The number of hydrogen-bond donors (Lipinski definition) is 2. The molecule has 2 N–H and O–H groups in total. The Morgan fingerprint density at radius 3 is 2.35 bits per heavy atom. The monoisotopic (exact) mass is 455 g/mol. The zero-order chi connectivity index (χ0) is 22.2. The van der Waals surface area contributed by atoms with E-state index in [9.17, 15) is 14.4 Å². The van der Waals surface area contributed by atoms with Crippen molar-refractivity contribution in [3.05, 3.63) is 94.0 Å². The standard InChI is InChI=1S/C22H15Cl2N3O4/c23-15-8-10-16(11-9-15)26-20(28)21(29)27-25-13-14-4-3-5-17(12-14)31-22(30)18-6-1-2-7-19(18)24/h1-13H,(H,26,28)(H,27,29)/b25-13+. The molecule has 0 aliphatic rings. The van der Waals surface area contributed by atoms with Crippen molar-refractivity contribution >= 4 is 52.9 Å². The molecule has 0 heterocycles. The highest BCUT2D eigenvalue weighted by atomic mass is 35.5. The molecule has 3 rings (SSSR count). The Balaban J connectivity index is 1.57. The molecular weight excluding hydrogens is 441 g/mol. The average molecular weight is 456 g/mol. The quantitative estimate of drug-likeness (QED) is 0.197. The van der Waals surface area contributed by atoms with Gasteiger partial charge in [0, 0.05) is 10.7 Å². The summed E-state index contributed by atoms with van der Waals surface area (Å²) in [7, 11) is 0. The van der Waals surface area contributed by atoms with Crippen molar-refractivity contribution in [1.82, 2.24) is 5.43 Å². The van der Waals surface area contributed by atoms with Gasteiger partial charge in [0.25, 0.3) is 0 Å². The van der Waals surface area contributed by atoms with Crippen LogP contribution in [-0.2, 0) is 9.59 Å². The molecule has 31 heavy (non-hydrogen) atoms. The number of nitrogens with one attached hydrogen (secondary N) is 2. The molecular formula is C22H15Cl2N3O4. The Hall–Kier alpha value is -3.68. The number of benzene rings is 3. The first-order valence-electron chi connectivity index (χ1n) is 8.89. The van der Waals surface area contributed by atoms with Crippen LogP contribution in [0.25, 0.3) is 0 Å². The van der Waals surface area contributed by atoms with E-state index in [-0.39, 0.29) is 16.3 Å². The average Bonchev–Trinajstić information content (AvgIpc) is 2.75. The number of carbonyl (C=O) groups excluding carboxylic acids is 3. The smallest absolute Gasteiger partial charge is 0.345 e. The summed E-state index contributed by atoms with van der Waals surface area (Å²) in [5.74, 6) is -2.18. The molecule has 0 spiro atoms. The van der Waals surface area contributed by atoms with Crippen molar-refractivity contribution in [3.8, 4) is 5.75 Å². The lowest BCUT2D eigenvalue weighted by atomic mass is 10.2. The van der Waals surface area contributed by atoms with Crippen LogP contribution in [-0.4, -0.2) is 24.0 Å². The van der Waals surface area contributed by atoms with Crippen molar-refractivity contribution in [2.75, 3.05) is 5.32 Å². The highest BCUT2D eigenvalue weighted by molar-refractivity contribution is 6.39. The number of esters is 1. The van der Waals surface area contributed by atoms with E-state index in [0.717, 1.165) is 0 Å². The molecule has 9 heteroatoms. The molecule has 156 valence electrons. The maximum atomic E-state index is 12.2. The van der Waals surface area contributed by atoms with Crippen molar-refractivity contribution < 1.29 is 19.1 Å². The van der Waals surface area contributed by atoms with Gasteiger partial charge in [-0.2, -0.15) is 5.10 Å². The van der Waals surface area contributed by atoms with Crippen molar-refractivity contribution in [2.24, 2.45) is 5.10 Å². The Kier molecular flexibility index (Phi) is 7.37. The molecule has 0 saturated carbocycles. The molecule has 7 nitrogen and oxygen atoms in total. The fraction of sp³-hybridized carbons (Fsp3) is 0. The SMILES string of the molecule is O=C(N/N=C/c1cccc(OC(=O)c2ccccc2Cl)c1)C(=O)Nc1ccc(Cl)cc1. The van der Waals surface area contributed by atoms with Gasteiger partial charge in [-0.25, -0.2) is 10.2 Å². The van der Waals surface area contributed by atoms with E-state index in [1.165, 1.54) is 12.3 Å². The van der Waals surface area contributed by atoms with E-state index in [2.05, 4.69) is 15.8 Å². The van der Waals surface area contributed by atoms with Crippen LogP contribution in [0.5, 0.6) is 5.75 Å². The van der Waals surface area contributed by atoms with Gasteiger partial charge in [0.2, 0.25) is 0 Å². The van der Waals surface area contributed by atoms with Crippen LogP contribution >= 0.6 is 23.2 Å². The predicted octanol–water partition coefficient (Wildman–Crippen LogP) is 4.30. The maximum Gasteiger partial charge on any atom is 0.345 e. The summed E-state index contributed by atoms with van der Waals surface area (Å²) < 4.78 is 5.32. The van der Waals surface area contributed by atoms with Crippen LogP contribution in [0.15, 0.2) is 77.9 Å². The number of halogens is 2. The minimum Gasteiger partial charge on any atom is -0.423 e. The van der Waals surface area contributed by atoms with Crippen LogP contribution in [0.4, 0.5) is 5.69 Å². The molecule has 0 aliphatic carbocycles. The molecule has 0 unspecified atom stereocenters. The molecule has 3 aromatic rings. The second-order valence-corrected chi connectivity index (χ2v) is 6.95. The molecule has 0 saturated heterocycles. The number of carbonyl (C=O) groups is 3. The lowest BCUT2D eigenvalue weighted by molar-refractivity contribution is -0.136. The third-order valence-corrected chi connectivity index (χ3v) is 4.43. The molecule has 3 aromatic carbocycles. The Morgan fingerprint density at radius 2 is 1.61 bits per heavy atom. The van der Waals surface area contributed by atoms with E-state index < -0.39 is 17.8 Å². The first-order valence-corrected chi connectivity index (χ1v) is 9.65. The minimum atomic E-state index is -0.951. The molecule has 0 bridgehead atoms. The summed E-state index contributed by atoms with van der Waals surface area (Å²) in [4.78, 5) is 36.0. The topological polar surface area (TPSA) is 96.9 Å². The maximum absolute atomic E-state index is 12.2. The molecule has 0 radical (unpaired) electrons. The first-order chi connectivity index (χ1) is 14.9. The largest absolute Gasteiger partial charge is 0.423 e. The molecule has 0 aliphatic heterocycles. The van der Waals surface area contributed by atoms with Gasteiger partial charge in [-0.3, -0.25) is 9.59 Å². The van der Waals surface area contributed by atoms with E-state index in [1.54, 1.807) is 66.7 Å². The van der Waals surface area contributed by atoms with E-state index in [0.29, 0.717) is 16.3 Å². The van der Waals surface area contributed by atoms with Crippen molar-refractivity contribution in [3.63, 3.8) is 0 Å². The van der Waals surface area contributed by atoms with Crippen LogP contribution in [0, 0.1) is 0 Å². The molecule has 0 atom stereocenters. The summed E-state index contributed by atoms with van der Waals surface area (Å²) in [5.41, 5.74) is 3.31. The normalized spacial score (nSPS) is 10.5. The second-order valence-electron chi connectivity index (χ2n) is 6.10. The van der Waals surface area contributed by atoms with Gasteiger partial charge in [-0.1, -0.05) is 47.5 Å². The van der Waals surface area contributed by atoms with Crippen molar-refractivity contribution in [1.29, 1.82) is 0 Å².